The third kappa shape index (κ3) is 1.92. The minimum atomic E-state index is -0.714. The SMILES string of the molecule is Nc1nnc(-c2c(F)ccc(Br)c2F)c2ccccc12. The monoisotopic (exact) mass is 335 g/mol. The van der Waals surface area contributed by atoms with E-state index < -0.39 is 11.6 Å². The van der Waals surface area contributed by atoms with E-state index in [9.17, 15) is 8.78 Å². The van der Waals surface area contributed by atoms with Gasteiger partial charge in [0, 0.05) is 10.8 Å². The third-order valence-corrected chi connectivity index (χ3v) is 3.61. The van der Waals surface area contributed by atoms with Crippen LogP contribution in [0.15, 0.2) is 40.9 Å². The highest BCUT2D eigenvalue weighted by atomic mass is 79.9. The van der Waals surface area contributed by atoms with Crippen molar-refractivity contribution in [3.05, 3.63) is 52.5 Å². The summed E-state index contributed by atoms with van der Waals surface area (Å²) in [5, 5.41) is 8.80. The Morgan fingerprint density at radius 1 is 0.950 bits per heavy atom. The third-order valence-electron chi connectivity index (χ3n) is 3.00. The normalized spacial score (nSPS) is 10.9. The van der Waals surface area contributed by atoms with Crippen LogP contribution in [0.3, 0.4) is 0 Å². The molecule has 0 saturated carbocycles. The first-order valence-corrected chi connectivity index (χ1v) is 6.53. The number of nitrogen functional groups attached to an aromatic ring is 1. The van der Waals surface area contributed by atoms with E-state index in [1.54, 1.807) is 24.3 Å². The fraction of sp³-hybridized carbons (Fsp3) is 0. The van der Waals surface area contributed by atoms with Gasteiger partial charge in [-0.05, 0) is 28.1 Å². The van der Waals surface area contributed by atoms with Gasteiger partial charge < -0.3 is 5.73 Å². The highest BCUT2D eigenvalue weighted by Crippen LogP contribution is 2.34. The molecule has 0 spiro atoms. The van der Waals surface area contributed by atoms with Gasteiger partial charge in [0.25, 0.3) is 0 Å². The molecule has 2 N–H and O–H groups in total. The van der Waals surface area contributed by atoms with Crippen molar-refractivity contribution in [1.29, 1.82) is 0 Å². The van der Waals surface area contributed by atoms with Gasteiger partial charge >= 0.3 is 0 Å². The molecule has 20 heavy (non-hydrogen) atoms. The van der Waals surface area contributed by atoms with E-state index in [0.29, 0.717) is 10.8 Å². The van der Waals surface area contributed by atoms with Crippen LogP contribution in [-0.2, 0) is 0 Å². The smallest absolute Gasteiger partial charge is 0.154 e. The zero-order chi connectivity index (χ0) is 14.3. The van der Waals surface area contributed by atoms with Gasteiger partial charge in [-0.3, -0.25) is 0 Å². The summed E-state index contributed by atoms with van der Waals surface area (Å²) in [6, 6.07) is 9.45. The first-order valence-electron chi connectivity index (χ1n) is 5.74. The molecule has 3 aromatic rings. The van der Waals surface area contributed by atoms with Crippen molar-refractivity contribution in [2.45, 2.75) is 0 Å². The maximum Gasteiger partial charge on any atom is 0.154 e. The van der Waals surface area contributed by atoms with Gasteiger partial charge in [-0.2, -0.15) is 0 Å². The highest BCUT2D eigenvalue weighted by Gasteiger charge is 2.19. The summed E-state index contributed by atoms with van der Waals surface area (Å²) in [7, 11) is 0. The Morgan fingerprint density at radius 3 is 2.40 bits per heavy atom. The minimum absolute atomic E-state index is 0.131. The lowest BCUT2D eigenvalue weighted by Gasteiger charge is -2.09. The zero-order valence-electron chi connectivity index (χ0n) is 10.1. The fourth-order valence-corrected chi connectivity index (χ4v) is 2.38. The molecule has 6 heteroatoms. The molecule has 1 aromatic heterocycles. The molecule has 0 amide bonds. The molecule has 2 aromatic carbocycles. The predicted molar refractivity (Wildman–Crippen MR) is 77.0 cm³/mol. The molecule has 0 atom stereocenters. The second-order valence-electron chi connectivity index (χ2n) is 4.20. The van der Waals surface area contributed by atoms with Crippen LogP contribution < -0.4 is 5.73 Å². The Bertz CT molecular complexity index is 821. The van der Waals surface area contributed by atoms with Crippen molar-refractivity contribution in [3.8, 4) is 11.3 Å². The average Bonchev–Trinajstić information content (AvgIpc) is 2.46. The molecule has 0 aliphatic carbocycles. The number of anilines is 1. The number of nitrogens with two attached hydrogens (primary N) is 1. The van der Waals surface area contributed by atoms with Crippen molar-refractivity contribution in [3.63, 3.8) is 0 Å². The zero-order valence-corrected chi connectivity index (χ0v) is 11.7. The van der Waals surface area contributed by atoms with Crippen LogP contribution in [0.4, 0.5) is 14.6 Å². The van der Waals surface area contributed by atoms with E-state index in [-0.39, 0.29) is 21.5 Å². The van der Waals surface area contributed by atoms with Gasteiger partial charge in [-0.25, -0.2) is 8.78 Å². The first kappa shape index (κ1) is 12.9. The molecule has 0 unspecified atom stereocenters. The van der Waals surface area contributed by atoms with E-state index in [2.05, 4.69) is 26.1 Å². The first-order chi connectivity index (χ1) is 9.59. The summed E-state index contributed by atoms with van der Waals surface area (Å²) in [4.78, 5) is 0. The predicted octanol–water partition coefficient (Wildman–Crippen LogP) is 3.92. The number of benzene rings is 2. The van der Waals surface area contributed by atoms with E-state index in [0.717, 1.165) is 0 Å². The molecule has 0 saturated heterocycles. The molecule has 100 valence electrons. The highest BCUT2D eigenvalue weighted by molar-refractivity contribution is 9.10. The Kier molecular flexibility index (Phi) is 3.10. The average molecular weight is 336 g/mol. The number of halogens is 3. The van der Waals surface area contributed by atoms with Gasteiger partial charge in [-0.15, -0.1) is 10.2 Å². The maximum absolute atomic E-state index is 14.2. The van der Waals surface area contributed by atoms with E-state index >= 15 is 0 Å². The Balaban J connectivity index is 2.42. The number of fused-ring (bicyclic) bond motifs is 1. The molecule has 3 rings (SSSR count). The van der Waals surface area contributed by atoms with Gasteiger partial charge in [0.1, 0.15) is 17.3 Å². The van der Waals surface area contributed by atoms with Crippen molar-refractivity contribution in [2.75, 3.05) is 5.73 Å². The molecule has 0 bridgehead atoms. The van der Waals surface area contributed by atoms with Crippen molar-refractivity contribution < 1.29 is 8.78 Å². The largest absolute Gasteiger partial charge is 0.382 e. The lowest BCUT2D eigenvalue weighted by molar-refractivity contribution is 0.584. The van der Waals surface area contributed by atoms with Crippen molar-refractivity contribution >= 4 is 32.5 Å². The second kappa shape index (κ2) is 4.79. The summed E-state index contributed by atoms with van der Waals surface area (Å²) in [5.41, 5.74) is 5.65. The Hall–Kier alpha value is -2.08. The van der Waals surface area contributed by atoms with E-state index in [1.165, 1.54) is 12.1 Å². The fourth-order valence-electron chi connectivity index (χ4n) is 2.05. The van der Waals surface area contributed by atoms with E-state index in [1.807, 2.05) is 0 Å². The van der Waals surface area contributed by atoms with Crippen LogP contribution in [0.2, 0.25) is 0 Å². The molecule has 0 radical (unpaired) electrons. The molecule has 0 fully saturated rings. The maximum atomic E-state index is 14.2. The molecule has 1 heterocycles. The minimum Gasteiger partial charge on any atom is -0.382 e. The van der Waals surface area contributed by atoms with E-state index in [4.69, 9.17) is 5.73 Å². The second-order valence-corrected chi connectivity index (χ2v) is 5.05. The van der Waals surface area contributed by atoms with Crippen LogP contribution >= 0.6 is 15.9 Å². The number of nitrogens with zero attached hydrogens (tertiary/aromatic N) is 2. The van der Waals surface area contributed by atoms with Gasteiger partial charge in [-0.1, -0.05) is 24.3 Å². The van der Waals surface area contributed by atoms with Gasteiger partial charge in [0.15, 0.2) is 5.82 Å². The molecule has 0 aliphatic heterocycles. The van der Waals surface area contributed by atoms with Crippen LogP contribution in [0.25, 0.3) is 22.0 Å². The van der Waals surface area contributed by atoms with Gasteiger partial charge in [0.2, 0.25) is 0 Å². The standard InChI is InChI=1S/C14H8BrF2N3/c15-9-5-6-10(16)11(12(9)17)13-7-3-1-2-4-8(7)14(18)20-19-13/h1-6H,(H2,18,20). The van der Waals surface area contributed by atoms with Crippen LogP contribution in [-0.4, -0.2) is 10.2 Å². The van der Waals surface area contributed by atoms with Crippen molar-refractivity contribution in [1.82, 2.24) is 10.2 Å². The topological polar surface area (TPSA) is 51.8 Å². The summed E-state index contributed by atoms with van der Waals surface area (Å²) in [5.74, 6) is -1.19. The van der Waals surface area contributed by atoms with Crippen LogP contribution in [0.5, 0.6) is 0 Å². The van der Waals surface area contributed by atoms with Crippen molar-refractivity contribution in [2.24, 2.45) is 0 Å². The lowest BCUT2D eigenvalue weighted by atomic mass is 10.0. The summed E-state index contributed by atoms with van der Waals surface area (Å²) >= 11 is 3.04. The lowest BCUT2D eigenvalue weighted by Crippen LogP contribution is -2.00. The molecule has 3 nitrogen and oxygen atoms in total. The summed E-state index contributed by atoms with van der Waals surface area (Å²) in [6.45, 7) is 0. The molecular formula is C14H8BrF2N3. The number of rotatable bonds is 1. The summed E-state index contributed by atoms with van der Waals surface area (Å²) in [6.07, 6.45) is 0. The number of hydrogen-bond acceptors (Lipinski definition) is 3. The Morgan fingerprint density at radius 2 is 1.65 bits per heavy atom. The van der Waals surface area contributed by atoms with Gasteiger partial charge in [0.05, 0.1) is 10.0 Å². The number of hydrogen-bond donors (Lipinski definition) is 1. The van der Waals surface area contributed by atoms with Crippen LogP contribution in [0, 0.1) is 11.6 Å². The van der Waals surface area contributed by atoms with Crippen LogP contribution in [0.1, 0.15) is 0 Å². The molecule has 0 aliphatic rings. The molecular weight excluding hydrogens is 328 g/mol. The summed E-state index contributed by atoms with van der Waals surface area (Å²) < 4.78 is 28.3. The quantitative estimate of drug-likeness (QED) is 0.686. The number of aromatic nitrogens is 2. The Labute approximate surface area is 121 Å².